The van der Waals surface area contributed by atoms with E-state index in [4.69, 9.17) is 0 Å². The Morgan fingerprint density at radius 2 is 2.22 bits per heavy atom. The third-order valence-electron chi connectivity index (χ3n) is 2.06. The van der Waals surface area contributed by atoms with Crippen molar-refractivity contribution in [3.8, 4) is 0 Å². The molecule has 1 aliphatic rings. The third-order valence-corrected chi connectivity index (χ3v) is 4.12. The Morgan fingerprint density at radius 3 is 3.11 bits per heavy atom. The van der Waals surface area contributed by atoms with Gasteiger partial charge in [-0.25, -0.2) is 0 Å². The van der Waals surface area contributed by atoms with Crippen LogP contribution in [0.1, 0.15) is 26.2 Å². The molecule has 0 spiro atoms. The van der Waals surface area contributed by atoms with E-state index in [2.05, 4.69) is 12.2 Å². The van der Waals surface area contributed by atoms with Crippen LogP contribution < -0.4 is 5.32 Å². The summed E-state index contributed by atoms with van der Waals surface area (Å²) >= 11 is 0. The molecular weight excluding hydrogens is 126 g/mol. The lowest BCUT2D eigenvalue weighted by atomic mass is 10.2. The van der Waals surface area contributed by atoms with Gasteiger partial charge in [0.2, 0.25) is 0 Å². The minimum atomic E-state index is 0.265. The van der Waals surface area contributed by atoms with Crippen molar-refractivity contribution in [1.82, 2.24) is 5.32 Å². The van der Waals surface area contributed by atoms with E-state index >= 15 is 0 Å². The zero-order chi connectivity index (χ0) is 6.53. The van der Waals surface area contributed by atoms with Gasteiger partial charge in [-0.15, -0.1) is 0 Å². The molecule has 1 heterocycles. The second-order valence-electron chi connectivity index (χ2n) is 3.06. The van der Waals surface area contributed by atoms with Gasteiger partial charge in [-0.1, -0.05) is 25.8 Å². The maximum Gasteiger partial charge on any atom is 0.0401 e. The first-order chi connectivity index (χ1) is 4.39. The van der Waals surface area contributed by atoms with Crippen LogP contribution in [0.25, 0.3) is 0 Å². The molecule has 0 unspecified atom stereocenters. The molecule has 2 heteroatoms. The summed E-state index contributed by atoms with van der Waals surface area (Å²) in [7, 11) is 0.265. The Kier molecular flexibility index (Phi) is 3.29. The van der Waals surface area contributed by atoms with Crippen LogP contribution in [0.5, 0.6) is 0 Å². The molecule has 54 valence electrons. The lowest BCUT2D eigenvalue weighted by Crippen LogP contribution is -2.33. The standard InChI is InChI=1S/C7H17NSi/c1-7-8-5-3-2-4-6-9-7/h7-8H,2-6,9H2,1H3/t7-/m1/s1. The van der Waals surface area contributed by atoms with Crippen LogP contribution in [0.3, 0.4) is 0 Å². The molecule has 0 radical (unpaired) electrons. The van der Waals surface area contributed by atoms with Crippen LogP contribution in [0.2, 0.25) is 6.04 Å². The molecule has 1 saturated heterocycles. The zero-order valence-electron chi connectivity index (χ0n) is 6.32. The highest BCUT2D eigenvalue weighted by Crippen LogP contribution is 2.03. The van der Waals surface area contributed by atoms with Gasteiger partial charge >= 0.3 is 0 Å². The quantitative estimate of drug-likeness (QED) is 0.492. The highest BCUT2D eigenvalue weighted by molar-refractivity contribution is 6.37. The van der Waals surface area contributed by atoms with Crippen molar-refractivity contribution in [2.45, 2.75) is 37.9 Å². The molecule has 0 bridgehead atoms. The van der Waals surface area contributed by atoms with Crippen molar-refractivity contribution < 1.29 is 0 Å². The first-order valence-corrected chi connectivity index (χ1v) is 5.94. The Hall–Kier alpha value is 0.177. The first-order valence-electron chi connectivity index (χ1n) is 4.13. The summed E-state index contributed by atoms with van der Waals surface area (Å²) in [6.45, 7) is 3.62. The van der Waals surface area contributed by atoms with E-state index in [1.807, 2.05) is 0 Å². The minimum absolute atomic E-state index is 0.265. The predicted octanol–water partition coefficient (Wildman–Crippen LogP) is 0.693. The minimum Gasteiger partial charge on any atom is -0.317 e. The summed E-state index contributed by atoms with van der Waals surface area (Å²) in [6.07, 6.45) is 4.38. The summed E-state index contributed by atoms with van der Waals surface area (Å²) in [5.41, 5.74) is 0.908. The van der Waals surface area contributed by atoms with E-state index < -0.39 is 0 Å². The van der Waals surface area contributed by atoms with Gasteiger partial charge in [-0.3, -0.25) is 0 Å². The molecule has 1 aliphatic heterocycles. The summed E-state index contributed by atoms with van der Waals surface area (Å²) < 4.78 is 0. The van der Waals surface area contributed by atoms with Gasteiger partial charge in [0.25, 0.3) is 0 Å². The molecule has 1 nitrogen and oxygen atoms in total. The number of rotatable bonds is 0. The smallest absolute Gasteiger partial charge is 0.0401 e. The Morgan fingerprint density at radius 1 is 1.33 bits per heavy atom. The molecule has 0 saturated carbocycles. The van der Waals surface area contributed by atoms with Gasteiger partial charge in [0.1, 0.15) is 0 Å². The van der Waals surface area contributed by atoms with Crippen molar-refractivity contribution in [2.75, 3.05) is 6.54 Å². The maximum atomic E-state index is 3.55. The highest BCUT2D eigenvalue weighted by Gasteiger charge is 2.03. The average molecular weight is 143 g/mol. The molecule has 0 aliphatic carbocycles. The normalized spacial score (nSPS) is 33.7. The fourth-order valence-corrected chi connectivity index (χ4v) is 3.04. The van der Waals surface area contributed by atoms with Gasteiger partial charge in [0.15, 0.2) is 0 Å². The Bertz CT molecular complexity index is 67.3. The second kappa shape index (κ2) is 4.07. The molecule has 9 heavy (non-hydrogen) atoms. The maximum absolute atomic E-state index is 3.55. The lowest BCUT2D eigenvalue weighted by molar-refractivity contribution is 0.587. The molecule has 0 aromatic carbocycles. The summed E-state index contributed by atoms with van der Waals surface area (Å²) in [5.74, 6) is 0. The Balaban J connectivity index is 2.12. The monoisotopic (exact) mass is 143 g/mol. The SMILES string of the molecule is C[C@@H]1NCCCCC[SiH2]1. The molecule has 1 N–H and O–H groups in total. The molecule has 1 atom stereocenters. The fraction of sp³-hybridized carbons (Fsp3) is 1.00. The van der Waals surface area contributed by atoms with Crippen molar-refractivity contribution in [3.05, 3.63) is 0 Å². The van der Waals surface area contributed by atoms with Crippen LogP contribution in [-0.4, -0.2) is 21.7 Å². The summed E-state index contributed by atoms with van der Waals surface area (Å²) in [5, 5.41) is 3.55. The average Bonchev–Trinajstić information content (AvgIpc) is 1.79. The third kappa shape index (κ3) is 3.01. The van der Waals surface area contributed by atoms with Crippen LogP contribution >= 0.6 is 0 Å². The van der Waals surface area contributed by atoms with Crippen molar-refractivity contribution >= 4 is 9.52 Å². The molecule has 0 aromatic rings. The zero-order valence-corrected chi connectivity index (χ0v) is 7.73. The first kappa shape index (κ1) is 7.29. The van der Waals surface area contributed by atoms with E-state index in [0.29, 0.717) is 0 Å². The van der Waals surface area contributed by atoms with E-state index in [1.165, 1.54) is 25.8 Å². The summed E-state index contributed by atoms with van der Waals surface area (Å²) in [6, 6.07) is 1.56. The predicted molar refractivity (Wildman–Crippen MR) is 44.7 cm³/mol. The second-order valence-corrected chi connectivity index (χ2v) is 5.57. The summed E-state index contributed by atoms with van der Waals surface area (Å²) in [4.78, 5) is 0. The van der Waals surface area contributed by atoms with Gasteiger partial charge in [-0.05, 0) is 18.6 Å². The van der Waals surface area contributed by atoms with Gasteiger partial charge in [-0.2, -0.15) is 0 Å². The van der Waals surface area contributed by atoms with Gasteiger partial charge < -0.3 is 5.32 Å². The molecule has 0 amide bonds. The largest absolute Gasteiger partial charge is 0.317 e. The van der Waals surface area contributed by atoms with Crippen LogP contribution in [0, 0.1) is 0 Å². The number of hydrogen-bond acceptors (Lipinski definition) is 1. The van der Waals surface area contributed by atoms with E-state index in [0.717, 1.165) is 5.67 Å². The molecule has 0 aromatic heterocycles. The van der Waals surface area contributed by atoms with Crippen molar-refractivity contribution in [1.29, 1.82) is 0 Å². The number of nitrogens with one attached hydrogen (secondary N) is 1. The fourth-order valence-electron chi connectivity index (χ4n) is 1.38. The van der Waals surface area contributed by atoms with E-state index in [9.17, 15) is 0 Å². The topological polar surface area (TPSA) is 12.0 Å². The highest BCUT2D eigenvalue weighted by atomic mass is 28.2. The molecule has 1 rings (SSSR count). The van der Waals surface area contributed by atoms with Crippen LogP contribution in [0.15, 0.2) is 0 Å². The molecular formula is C7H17NSi. The van der Waals surface area contributed by atoms with Crippen molar-refractivity contribution in [2.24, 2.45) is 0 Å². The number of hydrogen-bond donors (Lipinski definition) is 1. The van der Waals surface area contributed by atoms with Crippen molar-refractivity contribution in [3.63, 3.8) is 0 Å². The van der Waals surface area contributed by atoms with Gasteiger partial charge in [0, 0.05) is 9.52 Å². The Labute approximate surface area is 60.0 Å². The lowest BCUT2D eigenvalue weighted by Gasteiger charge is -2.15. The van der Waals surface area contributed by atoms with E-state index in [-0.39, 0.29) is 9.52 Å². The van der Waals surface area contributed by atoms with E-state index in [1.54, 1.807) is 6.04 Å². The van der Waals surface area contributed by atoms with Gasteiger partial charge in [0.05, 0.1) is 0 Å². The van der Waals surface area contributed by atoms with Crippen LogP contribution in [-0.2, 0) is 0 Å². The van der Waals surface area contributed by atoms with Crippen LogP contribution in [0.4, 0.5) is 0 Å². The molecule has 1 fully saturated rings.